The molecular weight excluding hydrogens is 286 g/mol. The van der Waals surface area contributed by atoms with E-state index >= 15 is 0 Å². The number of pyridine rings is 1. The molecule has 21 heavy (non-hydrogen) atoms. The van der Waals surface area contributed by atoms with E-state index in [9.17, 15) is 4.79 Å². The Morgan fingerprint density at radius 2 is 1.90 bits per heavy atom. The Morgan fingerprint density at radius 3 is 2.48 bits per heavy atom. The first-order chi connectivity index (χ1) is 9.65. The number of nitrogens with two attached hydrogens (primary N) is 1. The number of rotatable bonds is 4. The highest BCUT2D eigenvalue weighted by Crippen LogP contribution is 2.18. The Bertz CT molecular complexity index is 599. The van der Waals surface area contributed by atoms with Gasteiger partial charge in [-0.05, 0) is 38.1 Å². The Morgan fingerprint density at radius 1 is 1.24 bits per heavy atom. The van der Waals surface area contributed by atoms with Crippen LogP contribution in [0.2, 0.25) is 0 Å². The summed E-state index contributed by atoms with van der Waals surface area (Å²) in [7, 11) is 0. The van der Waals surface area contributed by atoms with Gasteiger partial charge < -0.3 is 10.6 Å². The summed E-state index contributed by atoms with van der Waals surface area (Å²) < 4.78 is 0. The summed E-state index contributed by atoms with van der Waals surface area (Å²) in [4.78, 5) is 18.4. The van der Waals surface area contributed by atoms with Crippen molar-refractivity contribution in [2.24, 2.45) is 5.73 Å². The van der Waals surface area contributed by atoms with Crippen LogP contribution < -0.4 is 10.6 Å². The Hall–Kier alpha value is -1.91. The van der Waals surface area contributed by atoms with Crippen molar-refractivity contribution in [2.75, 3.05) is 11.4 Å². The molecule has 0 aliphatic carbocycles. The molecule has 0 bridgehead atoms. The molecule has 0 saturated heterocycles. The van der Waals surface area contributed by atoms with Crippen molar-refractivity contribution in [1.82, 2.24) is 4.98 Å². The fraction of sp³-hybridized carbons (Fsp3) is 0.250. The maximum absolute atomic E-state index is 12.6. The molecule has 0 fully saturated rings. The second-order valence-corrected chi connectivity index (χ2v) is 4.62. The molecule has 1 amide bonds. The van der Waals surface area contributed by atoms with E-state index in [-0.39, 0.29) is 18.3 Å². The summed E-state index contributed by atoms with van der Waals surface area (Å²) >= 11 is 0. The van der Waals surface area contributed by atoms with E-state index in [4.69, 9.17) is 5.73 Å². The lowest BCUT2D eigenvalue weighted by molar-refractivity contribution is 0.0988. The van der Waals surface area contributed by atoms with E-state index < -0.39 is 0 Å². The van der Waals surface area contributed by atoms with Gasteiger partial charge >= 0.3 is 0 Å². The van der Waals surface area contributed by atoms with Gasteiger partial charge in [0, 0.05) is 30.5 Å². The molecule has 0 unspecified atom stereocenters. The largest absolute Gasteiger partial charge is 0.325 e. The molecule has 0 radical (unpaired) electrons. The average Bonchev–Trinajstić information content (AvgIpc) is 2.50. The van der Waals surface area contributed by atoms with Gasteiger partial charge in [-0.25, -0.2) is 0 Å². The number of nitrogens with zero attached hydrogens (tertiary/aromatic N) is 2. The number of aryl methyl sites for hydroxylation is 1. The van der Waals surface area contributed by atoms with Crippen molar-refractivity contribution in [1.29, 1.82) is 0 Å². The zero-order valence-corrected chi connectivity index (χ0v) is 13.1. The van der Waals surface area contributed by atoms with Gasteiger partial charge in [0.15, 0.2) is 0 Å². The molecule has 1 aromatic carbocycles. The molecule has 2 rings (SSSR count). The lowest BCUT2D eigenvalue weighted by Gasteiger charge is -2.21. The first-order valence-electron chi connectivity index (χ1n) is 6.69. The van der Waals surface area contributed by atoms with Gasteiger partial charge in [-0.3, -0.25) is 9.78 Å². The van der Waals surface area contributed by atoms with Crippen molar-refractivity contribution in [3.63, 3.8) is 0 Å². The van der Waals surface area contributed by atoms with E-state index in [2.05, 4.69) is 4.98 Å². The molecule has 0 atom stereocenters. The smallest absolute Gasteiger partial charge is 0.258 e. The standard InChI is InChI=1S/C16H19N3O.ClH/c1-3-19(15-6-4-12(2)5-7-15)16(20)13-8-9-18-14(10-13)11-17;/h4-10H,3,11,17H2,1-2H3;1H. The van der Waals surface area contributed by atoms with Gasteiger partial charge in [0.2, 0.25) is 0 Å². The Kier molecular flexibility index (Phi) is 6.34. The lowest BCUT2D eigenvalue weighted by Crippen LogP contribution is -2.30. The summed E-state index contributed by atoms with van der Waals surface area (Å²) in [6, 6.07) is 11.4. The molecule has 0 saturated carbocycles. The molecular formula is C16H20ClN3O. The average molecular weight is 306 g/mol. The first kappa shape index (κ1) is 17.1. The predicted molar refractivity (Wildman–Crippen MR) is 87.9 cm³/mol. The van der Waals surface area contributed by atoms with E-state index in [0.29, 0.717) is 18.7 Å². The Labute approximate surface area is 131 Å². The molecule has 2 N–H and O–H groups in total. The van der Waals surface area contributed by atoms with Crippen LogP contribution in [0.4, 0.5) is 5.69 Å². The normalized spacial score (nSPS) is 9.86. The van der Waals surface area contributed by atoms with E-state index in [1.54, 1.807) is 23.2 Å². The fourth-order valence-corrected chi connectivity index (χ4v) is 2.05. The highest BCUT2D eigenvalue weighted by molar-refractivity contribution is 6.06. The minimum Gasteiger partial charge on any atom is -0.325 e. The van der Waals surface area contributed by atoms with Gasteiger partial charge in [0.05, 0.1) is 5.69 Å². The van der Waals surface area contributed by atoms with Crippen molar-refractivity contribution >= 4 is 24.0 Å². The molecule has 4 nitrogen and oxygen atoms in total. The van der Waals surface area contributed by atoms with Crippen LogP contribution in [0.1, 0.15) is 28.5 Å². The van der Waals surface area contributed by atoms with Crippen molar-refractivity contribution < 1.29 is 4.79 Å². The van der Waals surface area contributed by atoms with Crippen LogP contribution in [0.25, 0.3) is 0 Å². The number of halogens is 1. The van der Waals surface area contributed by atoms with Crippen LogP contribution >= 0.6 is 12.4 Å². The number of hydrogen-bond acceptors (Lipinski definition) is 3. The predicted octanol–water partition coefficient (Wildman–Crippen LogP) is 2.94. The number of hydrogen-bond donors (Lipinski definition) is 1. The van der Waals surface area contributed by atoms with Gasteiger partial charge in [-0.15, -0.1) is 12.4 Å². The monoisotopic (exact) mass is 305 g/mol. The van der Waals surface area contributed by atoms with Crippen LogP contribution in [-0.2, 0) is 6.54 Å². The van der Waals surface area contributed by atoms with Crippen LogP contribution in [-0.4, -0.2) is 17.4 Å². The zero-order valence-electron chi connectivity index (χ0n) is 12.2. The fourth-order valence-electron chi connectivity index (χ4n) is 2.05. The second-order valence-electron chi connectivity index (χ2n) is 4.62. The maximum Gasteiger partial charge on any atom is 0.258 e. The number of carbonyl (C=O) groups excluding carboxylic acids is 1. The summed E-state index contributed by atoms with van der Waals surface area (Å²) in [5, 5.41) is 0. The van der Waals surface area contributed by atoms with Crippen LogP contribution in [0.15, 0.2) is 42.6 Å². The van der Waals surface area contributed by atoms with Crippen molar-refractivity contribution in [2.45, 2.75) is 20.4 Å². The van der Waals surface area contributed by atoms with E-state index in [1.165, 1.54) is 5.56 Å². The van der Waals surface area contributed by atoms with E-state index in [1.807, 2.05) is 38.1 Å². The molecule has 0 spiro atoms. The van der Waals surface area contributed by atoms with E-state index in [0.717, 1.165) is 11.4 Å². The van der Waals surface area contributed by atoms with Crippen LogP contribution in [0.5, 0.6) is 0 Å². The maximum atomic E-state index is 12.6. The second kappa shape index (κ2) is 7.76. The topological polar surface area (TPSA) is 59.2 Å². The SMILES string of the molecule is CCN(C(=O)c1ccnc(CN)c1)c1ccc(C)cc1.Cl. The highest BCUT2D eigenvalue weighted by atomic mass is 35.5. The van der Waals surface area contributed by atoms with Crippen molar-refractivity contribution in [3.05, 3.63) is 59.4 Å². The summed E-state index contributed by atoms with van der Waals surface area (Å²) in [6.45, 7) is 4.93. The molecule has 5 heteroatoms. The molecule has 0 aliphatic rings. The molecule has 2 aromatic rings. The van der Waals surface area contributed by atoms with Crippen LogP contribution in [0.3, 0.4) is 0 Å². The summed E-state index contributed by atoms with van der Waals surface area (Å²) in [5.41, 5.74) is 8.97. The minimum absolute atomic E-state index is 0. The molecule has 0 aliphatic heterocycles. The zero-order chi connectivity index (χ0) is 14.5. The quantitative estimate of drug-likeness (QED) is 0.945. The molecule has 1 heterocycles. The minimum atomic E-state index is -0.0338. The van der Waals surface area contributed by atoms with Gasteiger partial charge in [0.25, 0.3) is 5.91 Å². The Balaban J connectivity index is 0.00000220. The number of aromatic nitrogens is 1. The number of amides is 1. The van der Waals surface area contributed by atoms with Gasteiger partial charge in [-0.1, -0.05) is 17.7 Å². The highest BCUT2D eigenvalue weighted by Gasteiger charge is 2.16. The number of benzene rings is 1. The number of carbonyl (C=O) groups is 1. The summed E-state index contributed by atoms with van der Waals surface area (Å²) in [5.74, 6) is -0.0338. The number of anilines is 1. The van der Waals surface area contributed by atoms with Gasteiger partial charge in [0.1, 0.15) is 0 Å². The third-order valence-electron chi connectivity index (χ3n) is 3.18. The van der Waals surface area contributed by atoms with Gasteiger partial charge in [-0.2, -0.15) is 0 Å². The summed E-state index contributed by atoms with van der Waals surface area (Å²) in [6.07, 6.45) is 1.62. The molecule has 1 aromatic heterocycles. The first-order valence-corrected chi connectivity index (χ1v) is 6.69. The van der Waals surface area contributed by atoms with Crippen molar-refractivity contribution in [3.8, 4) is 0 Å². The molecule has 112 valence electrons. The third kappa shape index (κ3) is 4.03. The lowest BCUT2D eigenvalue weighted by atomic mass is 10.1. The van der Waals surface area contributed by atoms with Crippen LogP contribution in [0, 0.1) is 6.92 Å². The third-order valence-corrected chi connectivity index (χ3v) is 3.18.